The van der Waals surface area contributed by atoms with Crippen LogP contribution in [0.1, 0.15) is 77.6 Å². The van der Waals surface area contributed by atoms with Gasteiger partial charge in [0.1, 0.15) is 11.4 Å². The van der Waals surface area contributed by atoms with Crippen LogP contribution in [0.3, 0.4) is 0 Å². The molecule has 0 aromatic heterocycles. The number of Topliss-reactive ketones (excluding diaryl/α,β-unsaturated/α-hetero) is 1. The summed E-state index contributed by atoms with van der Waals surface area (Å²) in [7, 11) is 0. The smallest absolute Gasteiger partial charge is 0.306 e. The minimum absolute atomic E-state index is 0.0356. The minimum atomic E-state index is -0.140. The fourth-order valence-electron chi connectivity index (χ4n) is 7.95. The molecule has 7 atom stereocenters. The van der Waals surface area contributed by atoms with Crippen LogP contribution in [0.25, 0.3) is 0 Å². The van der Waals surface area contributed by atoms with Crippen LogP contribution in [0.15, 0.2) is 0 Å². The summed E-state index contributed by atoms with van der Waals surface area (Å²) in [6.07, 6.45) is 11.9. The summed E-state index contributed by atoms with van der Waals surface area (Å²) in [6, 6.07) is 0. The maximum Gasteiger partial charge on any atom is 0.306 e. The van der Waals surface area contributed by atoms with Gasteiger partial charge >= 0.3 is 5.97 Å². The molecule has 3 heteroatoms. The second kappa shape index (κ2) is 5.08. The van der Waals surface area contributed by atoms with Crippen LogP contribution < -0.4 is 0 Å². The van der Waals surface area contributed by atoms with Crippen LogP contribution >= 0.6 is 0 Å². The van der Waals surface area contributed by atoms with Gasteiger partial charge in [-0.25, -0.2) is 0 Å². The van der Waals surface area contributed by atoms with Crippen LogP contribution in [-0.4, -0.2) is 17.4 Å². The van der Waals surface area contributed by atoms with Crippen molar-refractivity contribution < 1.29 is 14.3 Å². The normalized spacial score (nSPS) is 53.5. The van der Waals surface area contributed by atoms with Crippen molar-refractivity contribution in [2.75, 3.05) is 0 Å². The van der Waals surface area contributed by atoms with Gasteiger partial charge in [-0.1, -0.05) is 6.92 Å². The molecule has 0 N–H and O–H groups in total. The maximum atomic E-state index is 11.9. The molecule has 0 aromatic carbocycles. The Morgan fingerprint density at radius 2 is 1.75 bits per heavy atom. The first-order valence-corrected chi connectivity index (χ1v) is 10.3. The first-order chi connectivity index (χ1) is 11.5. The third kappa shape index (κ3) is 1.90. The molecular formula is C21H30O3. The third-order valence-corrected chi connectivity index (χ3v) is 9.10. The first kappa shape index (κ1) is 15.4. The summed E-state index contributed by atoms with van der Waals surface area (Å²) in [4.78, 5) is 23.7. The van der Waals surface area contributed by atoms with E-state index in [4.69, 9.17) is 4.74 Å². The Hall–Kier alpha value is -0.860. The maximum absolute atomic E-state index is 11.9. The van der Waals surface area contributed by atoms with Gasteiger partial charge in [0.2, 0.25) is 0 Å². The van der Waals surface area contributed by atoms with Crippen molar-refractivity contribution in [2.45, 2.75) is 83.2 Å². The number of fused-ring (bicyclic) bond motifs is 6. The van der Waals surface area contributed by atoms with E-state index in [1.807, 2.05) is 0 Å². The van der Waals surface area contributed by atoms with Gasteiger partial charge in [0.25, 0.3) is 0 Å². The highest BCUT2D eigenvalue weighted by Crippen LogP contribution is 2.67. The van der Waals surface area contributed by atoms with Crippen molar-refractivity contribution >= 4 is 11.8 Å². The van der Waals surface area contributed by atoms with Gasteiger partial charge in [-0.3, -0.25) is 9.59 Å². The van der Waals surface area contributed by atoms with Crippen molar-refractivity contribution in [2.24, 2.45) is 35.0 Å². The predicted octanol–water partition coefficient (Wildman–Crippen LogP) is 4.28. The van der Waals surface area contributed by atoms with E-state index in [0.717, 1.165) is 55.8 Å². The van der Waals surface area contributed by atoms with E-state index in [1.165, 1.54) is 32.1 Å². The van der Waals surface area contributed by atoms with Gasteiger partial charge in [0.05, 0.1) is 0 Å². The number of hydrogen-bond acceptors (Lipinski definition) is 3. The van der Waals surface area contributed by atoms with E-state index in [2.05, 4.69) is 6.92 Å². The van der Waals surface area contributed by atoms with Gasteiger partial charge < -0.3 is 4.74 Å². The largest absolute Gasteiger partial charge is 0.458 e. The molecular weight excluding hydrogens is 300 g/mol. The fraction of sp³-hybridized carbons (Fsp3) is 0.905. The zero-order valence-electron chi connectivity index (χ0n) is 14.9. The van der Waals surface area contributed by atoms with Crippen LogP contribution in [0.4, 0.5) is 0 Å². The Bertz CT molecular complexity index is 584. The Kier molecular flexibility index (Phi) is 3.26. The highest BCUT2D eigenvalue weighted by atomic mass is 16.6. The molecule has 1 saturated heterocycles. The average molecular weight is 330 g/mol. The summed E-state index contributed by atoms with van der Waals surface area (Å²) < 4.78 is 6.00. The lowest BCUT2D eigenvalue weighted by Crippen LogP contribution is -2.53. The van der Waals surface area contributed by atoms with Gasteiger partial charge in [0, 0.05) is 24.7 Å². The Morgan fingerprint density at radius 3 is 2.54 bits per heavy atom. The van der Waals surface area contributed by atoms with Gasteiger partial charge in [-0.05, 0) is 81.0 Å². The van der Waals surface area contributed by atoms with Gasteiger partial charge in [0.15, 0.2) is 0 Å². The van der Waals surface area contributed by atoms with Crippen LogP contribution in [0.5, 0.6) is 0 Å². The molecule has 1 aliphatic heterocycles. The summed E-state index contributed by atoms with van der Waals surface area (Å²) >= 11 is 0. The van der Waals surface area contributed by atoms with E-state index in [0.29, 0.717) is 18.1 Å². The van der Waals surface area contributed by atoms with E-state index < -0.39 is 0 Å². The lowest BCUT2D eigenvalue weighted by atomic mass is 9.49. The van der Waals surface area contributed by atoms with E-state index >= 15 is 0 Å². The molecule has 0 aromatic rings. The van der Waals surface area contributed by atoms with Crippen molar-refractivity contribution in [1.29, 1.82) is 0 Å². The third-order valence-electron chi connectivity index (χ3n) is 9.10. The van der Waals surface area contributed by atoms with E-state index in [-0.39, 0.29) is 17.0 Å². The summed E-state index contributed by atoms with van der Waals surface area (Å²) in [6.45, 7) is 2.44. The molecule has 0 amide bonds. The van der Waals surface area contributed by atoms with Gasteiger partial charge in [-0.15, -0.1) is 0 Å². The summed E-state index contributed by atoms with van der Waals surface area (Å²) in [5, 5.41) is 0. The lowest BCUT2D eigenvalue weighted by molar-refractivity contribution is -0.168. The number of esters is 1. The number of carbonyl (C=O) groups is 2. The monoisotopic (exact) mass is 330 g/mol. The Labute approximate surface area is 144 Å². The number of hydrogen-bond donors (Lipinski definition) is 0. The summed E-state index contributed by atoms with van der Waals surface area (Å²) in [5.41, 5.74) is 0.0662. The average Bonchev–Trinajstić information content (AvgIpc) is 3.08. The van der Waals surface area contributed by atoms with E-state index in [9.17, 15) is 9.59 Å². The number of rotatable bonds is 0. The van der Waals surface area contributed by atoms with Crippen LogP contribution in [0.2, 0.25) is 0 Å². The number of ether oxygens (including phenoxy) is 1. The second-order valence-electron chi connectivity index (χ2n) is 9.68. The highest BCUT2D eigenvalue weighted by molar-refractivity contribution is 5.79. The highest BCUT2D eigenvalue weighted by Gasteiger charge is 2.66. The molecule has 0 unspecified atom stereocenters. The molecule has 0 radical (unpaired) electrons. The van der Waals surface area contributed by atoms with Crippen LogP contribution in [-0.2, 0) is 14.3 Å². The molecule has 4 aliphatic carbocycles. The molecule has 1 spiro atoms. The fourth-order valence-corrected chi connectivity index (χ4v) is 7.95. The van der Waals surface area contributed by atoms with Crippen molar-refractivity contribution in [1.82, 2.24) is 0 Å². The topological polar surface area (TPSA) is 43.4 Å². The Balaban J connectivity index is 1.42. The van der Waals surface area contributed by atoms with Crippen molar-refractivity contribution in [3.8, 4) is 0 Å². The molecule has 5 aliphatic rings. The Morgan fingerprint density at radius 1 is 0.875 bits per heavy atom. The quantitative estimate of drug-likeness (QED) is 0.623. The first-order valence-electron chi connectivity index (χ1n) is 10.3. The lowest BCUT2D eigenvalue weighted by Gasteiger charge is -2.56. The molecule has 0 bridgehead atoms. The molecule has 4 saturated carbocycles. The standard InChI is InChI=1S/C21H30O3/c1-20-9-6-16-15-5-3-14(22)12-13(15)2-4-17(16)18(20)7-10-21(20)11-8-19(23)24-21/h13,15-18H,2-12H2,1H3/t13-,15+,16+,17-,18-,20-,21+/m0/s1. The number of carbonyl (C=O) groups excluding carboxylic acids is 2. The van der Waals surface area contributed by atoms with Crippen LogP contribution in [0, 0.1) is 35.0 Å². The molecule has 3 nitrogen and oxygen atoms in total. The van der Waals surface area contributed by atoms with Gasteiger partial charge in [-0.2, -0.15) is 0 Å². The van der Waals surface area contributed by atoms with Crippen molar-refractivity contribution in [3.05, 3.63) is 0 Å². The van der Waals surface area contributed by atoms with Crippen molar-refractivity contribution in [3.63, 3.8) is 0 Å². The molecule has 1 heterocycles. The summed E-state index contributed by atoms with van der Waals surface area (Å²) in [5.74, 6) is 4.41. The van der Waals surface area contributed by atoms with E-state index in [1.54, 1.807) is 0 Å². The second-order valence-corrected chi connectivity index (χ2v) is 9.68. The molecule has 132 valence electrons. The molecule has 5 fully saturated rings. The molecule has 5 rings (SSSR count). The minimum Gasteiger partial charge on any atom is -0.458 e. The SMILES string of the molecule is C[C@]12CC[C@@H]3[C@@H]4CCC(=O)C[C@@H]4CC[C@@H]3[C@@H]1CC[C@@]21CCC(=O)O1. The predicted molar refractivity (Wildman–Crippen MR) is 90.2 cm³/mol. The zero-order valence-corrected chi connectivity index (χ0v) is 14.9. The molecule has 24 heavy (non-hydrogen) atoms. The number of ketones is 1. The zero-order chi connectivity index (χ0) is 16.5.